The van der Waals surface area contributed by atoms with Crippen LogP contribution in [0.1, 0.15) is 33.3 Å². The van der Waals surface area contributed by atoms with Crippen LogP contribution in [-0.2, 0) is 22.6 Å². The Kier molecular flexibility index (Phi) is 10.2. The third kappa shape index (κ3) is 7.73. The van der Waals surface area contributed by atoms with E-state index in [0.29, 0.717) is 36.9 Å². The van der Waals surface area contributed by atoms with Crippen LogP contribution in [0.25, 0.3) is 0 Å². The fourth-order valence-electron chi connectivity index (χ4n) is 3.35. The maximum atomic E-state index is 13.6. The standard InChI is InChI=1S/C25H36N5O4P/c1-18(26)23(19(2)35)16-29-15-21(13-27-29)28(5)24(32)30(25(3,4)17-31)14-20-8-7-9-22(12-20)34-11-10-33-6/h7-9,12-13,15,17,26H,10-11,14,16,35H2,1-6H3/b23-19-,26-18?. The van der Waals surface area contributed by atoms with Gasteiger partial charge in [-0.15, -0.1) is 9.24 Å². The number of nitrogens with zero attached hydrogens (tertiary/aromatic N) is 4. The van der Waals surface area contributed by atoms with E-state index >= 15 is 0 Å². The summed E-state index contributed by atoms with van der Waals surface area (Å²) in [5, 5.41) is 13.3. The lowest BCUT2D eigenvalue weighted by molar-refractivity contribution is -0.115. The van der Waals surface area contributed by atoms with Crippen molar-refractivity contribution in [2.24, 2.45) is 0 Å². The minimum absolute atomic E-state index is 0.219. The molecular weight excluding hydrogens is 465 g/mol. The Bertz CT molecular complexity index is 1080. The van der Waals surface area contributed by atoms with E-state index in [1.807, 2.05) is 31.2 Å². The number of ether oxygens (including phenoxy) is 2. The fraction of sp³-hybridized carbons (Fsp3) is 0.440. The van der Waals surface area contributed by atoms with Crippen LogP contribution in [0.4, 0.5) is 10.5 Å². The lowest BCUT2D eigenvalue weighted by Gasteiger charge is -2.37. The Morgan fingerprint density at radius 2 is 2.00 bits per heavy atom. The van der Waals surface area contributed by atoms with Crippen LogP contribution >= 0.6 is 9.24 Å². The quantitative estimate of drug-likeness (QED) is 0.204. The van der Waals surface area contributed by atoms with Crippen LogP contribution in [0.15, 0.2) is 47.5 Å². The van der Waals surface area contributed by atoms with Gasteiger partial charge < -0.3 is 24.6 Å². The number of aromatic nitrogens is 2. The van der Waals surface area contributed by atoms with E-state index in [1.165, 1.54) is 9.80 Å². The Labute approximate surface area is 209 Å². The maximum Gasteiger partial charge on any atom is 0.325 e. The van der Waals surface area contributed by atoms with E-state index in [1.54, 1.807) is 52.0 Å². The number of carbonyl (C=O) groups is 2. The van der Waals surface area contributed by atoms with Crippen LogP contribution < -0.4 is 9.64 Å². The monoisotopic (exact) mass is 501 g/mol. The smallest absolute Gasteiger partial charge is 0.325 e. The second-order valence-electron chi connectivity index (χ2n) is 8.87. The molecule has 1 heterocycles. The molecule has 2 aromatic rings. The molecule has 35 heavy (non-hydrogen) atoms. The summed E-state index contributed by atoms with van der Waals surface area (Å²) in [6.45, 7) is 8.61. The van der Waals surface area contributed by atoms with Gasteiger partial charge in [0.15, 0.2) is 0 Å². The van der Waals surface area contributed by atoms with Crippen LogP contribution in [0.2, 0.25) is 0 Å². The first-order valence-corrected chi connectivity index (χ1v) is 11.8. The molecule has 0 bridgehead atoms. The highest BCUT2D eigenvalue weighted by molar-refractivity contribution is 7.22. The lowest BCUT2D eigenvalue weighted by Crippen LogP contribution is -2.53. The molecule has 2 amide bonds. The van der Waals surface area contributed by atoms with Gasteiger partial charge in [-0.2, -0.15) is 5.10 Å². The third-order valence-electron chi connectivity index (χ3n) is 5.55. The molecule has 9 nitrogen and oxygen atoms in total. The van der Waals surface area contributed by atoms with Crippen LogP contribution in [0.3, 0.4) is 0 Å². The first-order valence-electron chi connectivity index (χ1n) is 11.3. The number of amides is 2. The third-order valence-corrected chi connectivity index (χ3v) is 5.90. The van der Waals surface area contributed by atoms with Crippen molar-refractivity contribution in [3.63, 3.8) is 0 Å². The van der Waals surface area contributed by atoms with Gasteiger partial charge in [0.2, 0.25) is 0 Å². The van der Waals surface area contributed by atoms with Crippen LogP contribution in [0, 0.1) is 5.41 Å². The van der Waals surface area contributed by atoms with Crippen molar-refractivity contribution in [1.82, 2.24) is 14.7 Å². The summed E-state index contributed by atoms with van der Waals surface area (Å²) >= 11 is 0. The summed E-state index contributed by atoms with van der Waals surface area (Å²) in [6, 6.07) is 7.10. The minimum atomic E-state index is -1.04. The highest BCUT2D eigenvalue weighted by Crippen LogP contribution is 2.24. The molecule has 0 spiro atoms. The van der Waals surface area contributed by atoms with Crippen LogP contribution in [0.5, 0.6) is 5.75 Å². The van der Waals surface area contributed by atoms with Gasteiger partial charge in [-0.05, 0) is 56.3 Å². The number of anilines is 1. The average Bonchev–Trinajstić information content (AvgIpc) is 3.29. The van der Waals surface area contributed by atoms with Crippen molar-refractivity contribution in [2.75, 3.05) is 32.3 Å². The minimum Gasteiger partial charge on any atom is -0.491 e. The fourth-order valence-corrected chi connectivity index (χ4v) is 3.65. The average molecular weight is 502 g/mol. The van der Waals surface area contributed by atoms with E-state index in [-0.39, 0.29) is 12.6 Å². The van der Waals surface area contributed by atoms with Gasteiger partial charge in [-0.25, -0.2) is 4.79 Å². The van der Waals surface area contributed by atoms with Gasteiger partial charge in [0.25, 0.3) is 0 Å². The van der Waals surface area contributed by atoms with E-state index in [4.69, 9.17) is 14.9 Å². The van der Waals surface area contributed by atoms with Gasteiger partial charge in [0, 0.05) is 32.6 Å². The molecule has 0 radical (unpaired) electrons. The molecule has 0 fully saturated rings. The van der Waals surface area contributed by atoms with E-state index in [2.05, 4.69) is 14.3 Å². The Morgan fingerprint density at radius 3 is 2.60 bits per heavy atom. The van der Waals surface area contributed by atoms with Crippen molar-refractivity contribution in [2.45, 2.75) is 46.3 Å². The van der Waals surface area contributed by atoms with Crippen molar-refractivity contribution in [3.05, 3.63) is 53.1 Å². The zero-order chi connectivity index (χ0) is 26.2. The Balaban J connectivity index is 2.25. The number of urea groups is 1. The molecule has 1 N–H and O–H groups in total. The van der Waals surface area contributed by atoms with Crippen LogP contribution in [-0.4, -0.2) is 65.6 Å². The lowest BCUT2D eigenvalue weighted by atomic mass is 10.0. The van der Waals surface area contributed by atoms with Crippen molar-refractivity contribution >= 4 is 33.0 Å². The number of aldehydes is 1. The molecule has 190 valence electrons. The number of benzene rings is 1. The largest absolute Gasteiger partial charge is 0.491 e. The topological polar surface area (TPSA) is 101 Å². The van der Waals surface area contributed by atoms with Gasteiger partial charge in [-0.3, -0.25) is 9.58 Å². The van der Waals surface area contributed by atoms with E-state index in [0.717, 1.165) is 22.7 Å². The van der Waals surface area contributed by atoms with E-state index < -0.39 is 5.54 Å². The van der Waals surface area contributed by atoms with Gasteiger partial charge in [0.1, 0.15) is 18.6 Å². The van der Waals surface area contributed by atoms with E-state index in [9.17, 15) is 9.59 Å². The molecule has 0 aliphatic carbocycles. The van der Waals surface area contributed by atoms with Crippen molar-refractivity contribution in [1.29, 1.82) is 5.41 Å². The number of carbonyl (C=O) groups excluding carboxylic acids is 2. The summed E-state index contributed by atoms with van der Waals surface area (Å²) in [6.07, 6.45) is 4.13. The second kappa shape index (κ2) is 12.6. The predicted octanol–water partition coefficient (Wildman–Crippen LogP) is 4.13. The molecule has 1 aromatic heterocycles. The number of methoxy groups -OCH3 is 1. The SMILES string of the molecule is COCCOc1cccc(CN(C(=O)N(C)c2cnn(C/C(C(C)=N)=C(\C)P)c2)C(C)(C)C=O)c1. The molecule has 10 heteroatoms. The number of hydrogen-bond donors (Lipinski definition) is 1. The van der Waals surface area contributed by atoms with Gasteiger partial charge >= 0.3 is 6.03 Å². The molecule has 0 aliphatic rings. The zero-order valence-electron chi connectivity index (χ0n) is 21.4. The van der Waals surface area contributed by atoms with Crippen molar-refractivity contribution in [3.8, 4) is 5.75 Å². The Hall–Kier alpha value is -3.03. The first kappa shape index (κ1) is 28.2. The highest BCUT2D eigenvalue weighted by Gasteiger charge is 2.33. The molecule has 0 saturated heterocycles. The highest BCUT2D eigenvalue weighted by atomic mass is 31.0. The van der Waals surface area contributed by atoms with Crippen molar-refractivity contribution < 1.29 is 19.1 Å². The zero-order valence-corrected chi connectivity index (χ0v) is 22.5. The summed E-state index contributed by atoms with van der Waals surface area (Å²) in [4.78, 5) is 28.5. The molecule has 2 rings (SSSR count). The first-order chi connectivity index (χ1) is 16.5. The van der Waals surface area contributed by atoms with Gasteiger partial charge in [0.05, 0.1) is 30.6 Å². The molecular formula is C25H36N5O4P. The summed E-state index contributed by atoms with van der Waals surface area (Å²) < 4.78 is 12.4. The predicted molar refractivity (Wildman–Crippen MR) is 141 cm³/mol. The molecule has 0 saturated carbocycles. The maximum absolute atomic E-state index is 13.6. The molecule has 1 aromatic carbocycles. The molecule has 1 atom stereocenters. The number of nitrogens with one attached hydrogen (secondary N) is 1. The Morgan fingerprint density at radius 1 is 1.29 bits per heavy atom. The summed E-state index contributed by atoms with van der Waals surface area (Å²) in [5.41, 5.74) is 1.69. The number of rotatable bonds is 12. The summed E-state index contributed by atoms with van der Waals surface area (Å²) in [7, 11) is 5.88. The number of hydrogen-bond acceptors (Lipinski definition) is 6. The summed E-state index contributed by atoms with van der Waals surface area (Å²) in [5.74, 6) is 0.667. The second-order valence-corrected chi connectivity index (χ2v) is 9.74. The molecule has 1 unspecified atom stereocenters. The molecule has 0 aliphatic heterocycles. The number of allylic oxidation sites excluding steroid dienone is 2. The normalized spacial score (nSPS) is 12.1. The van der Waals surface area contributed by atoms with Gasteiger partial charge in [-0.1, -0.05) is 12.1 Å².